The molecule has 0 unspecified atom stereocenters. The normalized spacial score (nSPS) is 19.0. The van der Waals surface area contributed by atoms with Crippen molar-refractivity contribution in [1.29, 1.82) is 0 Å². The molecule has 5 nitrogen and oxygen atoms in total. The first-order valence-corrected chi connectivity index (χ1v) is 7.71. The summed E-state index contributed by atoms with van der Waals surface area (Å²) in [5, 5.41) is 3.98. The summed E-state index contributed by atoms with van der Waals surface area (Å²) < 4.78 is 11.5. The summed E-state index contributed by atoms with van der Waals surface area (Å²) in [5.74, 6) is 0.726. The number of halogens is 1. The Hall–Kier alpha value is -1.98. The average Bonchev–Trinajstić information content (AvgIpc) is 3.15. The van der Waals surface area contributed by atoms with E-state index in [-0.39, 0.29) is 0 Å². The summed E-state index contributed by atoms with van der Waals surface area (Å²) in [6, 6.07) is 8.38. The fourth-order valence-electron chi connectivity index (χ4n) is 2.85. The second kappa shape index (κ2) is 5.34. The summed E-state index contributed by atoms with van der Waals surface area (Å²) in [6.07, 6.45) is 1.64. The first-order chi connectivity index (χ1) is 10.7. The van der Waals surface area contributed by atoms with Crippen LogP contribution in [-0.2, 0) is 0 Å². The zero-order valence-electron chi connectivity index (χ0n) is 12.2. The quantitative estimate of drug-likeness (QED) is 0.783. The molecule has 0 saturated carbocycles. The van der Waals surface area contributed by atoms with Gasteiger partial charge in [-0.1, -0.05) is 11.6 Å². The van der Waals surface area contributed by atoms with Gasteiger partial charge in [0.05, 0.1) is 11.8 Å². The lowest BCUT2D eigenvalue weighted by Gasteiger charge is -2.32. The van der Waals surface area contributed by atoms with Crippen molar-refractivity contribution in [1.82, 2.24) is 10.3 Å². The molecule has 0 aliphatic carbocycles. The zero-order valence-corrected chi connectivity index (χ0v) is 12.9. The third-order valence-corrected chi connectivity index (χ3v) is 4.20. The topological polar surface area (TPSA) is 54.4 Å². The Balaban J connectivity index is 1.85. The van der Waals surface area contributed by atoms with E-state index in [9.17, 15) is 0 Å². The predicted octanol–water partition coefficient (Wildman–Crippen LogP) is 3.54. The molecule has 1 fully saturated rings. The minimum absolute atomic E-state index is 0.337. The van der Waals surface area contributed by atoms with E-state index >= 15 is 0 Å². The molecule has 4 rings (SSSR count). The van der Waals surface area contributed by atoms with Crippen molar-refractivity contribution in [2.24, 2.45) is 0 Å². The molecule has 22 heavy (non-hydrogen) atoms. The van der Waals surface area contributed by atoms with Crippen LogP contribution in [0.5, 0.6) is 0 Å². The molecule has 114 valence electrons. The summed E-state index contributed by atoms with van der Waals surface area (Å²) in [5.41, 5.74) is 2.29. The standard InChI is InChI=1S/C16H16ClN3O2/c1-10-9-18-4-5-20(10)16-19-13-8-11(17)7-12(15(13)22-16)14-3-2-6-21-14/h2-3,6-8,10,18H,4-5,9H2,1H3/t10-/m0/s1. The number of fused-ring (bicyclic) bond motifs is 1. The zero-order chi connectivity index (χ0) is 15.1. The van der Waals surface area contributed by atoms with E-state index in [2.05, 4.69) is 22.1 Å². The van der Waals surface area contributed by atoms with E-state index in [1.807, 2.05) is 24.3 Å². The monoisotopic (exact) mass is 317 g/mol. The highest BCUT2D eigenvalue weighted by molar-refractivity contribution is 6.31. The van der Waals surface area contributed by atoms with Crippen LogP contribution in [-0.4, -0.2) is 30.7 Å². The number of nitrogens with zero attached hydrogens (tertiary/aromatic N) is 2. The largest absolute Gasteiger partial charge is 0.464 e. The average molecular weight is 318 g/mol. The first kappa shape index (κ1) is 13.7. The van der Waals surface area contributed by atoms with Crippen molar-refractivity contribution in [3.8, 4) is 11.3 Å². The molecular weight excluding hydrogens is 302 g/mol. The molecule has 1 aromatic carbocycles. The molecule has 0 radical (unpaired) electrons. The lowest BCUT2D eigenvalue weighted by Crippen LogP contribution is -2.50. The first-order valence-electron chi connectivity index (χ1n) is 7.34. The van der Waals surface area contributed by atoms with Gasteiger partial charge in [0.1, 0.15) is 11.3 Å². The maximum absolute atomic E-state index is 6.22. The summed E-state index contributed by atoms with van der Waals surface area (Å²) in [4.78, 5) is 6.80. The summed E-state index contributed by atoms with van der Waals surface area (Å²) >= 11 is 6.22. The van der Waals surface area contributed by atoms with Crippen LogP contribution in [0.4, 0.5) is 6.01 Å². The van der Waals surface area contributed by atoms with Crippen LogP contribution in [0.1, 0.15) is 6.92 Å². The van der Waals surface area contributed by atoms with Gasteiger partial charge < -0.3 is 19.1 Å². The van der Waals surface area contributed by atoms with Crippen LogP contribution >= 0.6 is 11.6 Å². The minimum atomic E-state index is 0.337. The molecule has 3 aromatic rings. The Morgan fingerprint density at radius 3 is 3.09 bits per heavy atom. The van der Waals surface area contributed by atoms with E-state index in [0.717, 1.165) is 36.5 Å². The molecule has 1 aliphatic heterocycles. The maximum Gasteiger partial charge on any atom is 0.298 e. The van der Waals surface area contributed by atoms with Crippen LogP contribution in [0.15, 0.2) is 39.4 Å². The Kier molecular flexibility index (Phi) is 3.32. The molecule has 0 spiro atoms. The van der Waals surface area contributed by atoms with E-state index in [0.29, 0.717) is 22.7 Å². The minimum Gasteiger partial charge on any atom is -0.464 e. The highest BCUT2D eigenvalue weighted by Gasteiger charge is 2.24. The van der Waals surface area contributed by atoms with Gasteiger partial charge in [0, 0.05) is 30.7 Å². The van der Waals surface area contributed by atoms with Crippen LogP contribution in [0.25, 0.3) is 22.4 Å². The Bertz CT molecular complexity index is 797. The third-order valence-electron chi connectivity index (χ3n) is 3.98. The number of hydrogen-bond donors (Lipinski definition) is 1. The predicted molar refractivity (Wildman–Crippen MR) is 86.4 cm³/mol. The van der Waals surface area contributed by atoms with Crippen molar-refractivity contribution in [3.05, 3.63) is 35.6 Å². The Labute approximate surface area is 132 Å². The molecule has 1 N–H and O–H groups in total. The molecule has 0 bridgehead atoms. The van der Waals surface area contributed by atoms with Crippen LogP contribution in [0.3, 0.4) is 0 Å². The number of hydrogen-bond acceptors (Lipinski definition) is 5. The fourth-order valence-corrected chi connectivity index (χ4v) is 3.06. The SMILES string of the molecule is C[C@H]1CNCCN1c1nc2cc(Cl)cc(-c3ccco3)c2o1. The van der Waals surface area contributed by atoms with E-state index in [1.165, 1.54) is 0 Å². The van der Waals surface area contributed by atoms with Crippen LogP contribution in [0.2, 0.25) is 5.02 Å². The summed E-state index contributed by atoms with van der Waals surface area (Å²) in [7, 11) is 0. The highest BCUT2D eigenvalue weighted by Crippen LogP contribution is 2.35. The molecule has 1 saturated heterocycles. The summed E-state index contributed by atoms with van der Waals surface area (Å²) in [6.45, 7) is 4.87. The number of rotatable bonds is 2. The molecule has 6 heteroatoms. The number of oxazole rings is 1. The van der Waals surface area contributed by atoms with Gasteiger partial charge in [-0.25, -0.2) is 0 Å². The number of benzene rings is 1. The third kappa shape index (κ3) is 2.26. The van der Waals surface area contributed by atoms with Gasteiger partial charge in [-0.15, -0.1) is 0 Å². The van der Waals surface area contributed by atoms with Crippen LogP contribution < -0.4 is 10.2 Å². The second-order valence-corrected chi connectivity index (χ2v) is 5.96. The van der Waals surface area contributed by atoms with Crippen molar-refractivity contribution in [2.75, 3.05) is 24.5 Å². The smallest absolute Gasteiger partial charge is 0.298 e. The molecular formula is C16H16ClN3O2. The van der Waals surface area contributed by atoms with Gasteiger partial charge in [0.25, 0.3) is 6.01 Å². The van der Waals surface area contributed by atoms with Gasteiger partial charge in [-0.2, -0.15) is 4.98 Å². The van der Waals surface area contributed by atoms with Gasteiger partial charge >= 0.3 is 0 Å². The van der Waals surface area contributed by atoms with Crippen molar-refractivity contribution in [2.45, 2.75) is 13.0 Å². The Morgan fingerprint density at radius 2 is 2.32 bits per heavy atom. The van der Waals surface area contributed by atoms with Crippen molar-refractivity contribution >= 4 is 28.7 Å². The fraction of sp³-hybridized carbons (Fsp3) is 0.312. The number of nitrogens with one attached hydrogen (secondary N) is 1. The van der Waals surface area contributed by atoms with E-state index in [4.69, 9.17) is 20.4 Å². The van der Waals surface area contributed by atoms with Gasteiger partial charge in [0.2, 0.25) is 0 Å². The van der Waals surface area contributed by atoms with E-state index in [1.54, 1.807) is 6.26 Å². The molecule has 2 aromatic heterocycles. The number of piperazine rings is 1. The second-order valence-electron chi connectivity index (χ2n) is 5.52. The van der Waals surface area contributed by atoms with E-state index < -0.39 is 0 Å². The Morgan fingerprint density at radius 1 is 1.41 bits per heavy atom. The maximum atomic E-state index is 6.22. The van der Waals surface area contributed by atoms with Crippen molar-refractivity contribution in [3.63, 3.8) is 0 Å². The highest BCUT2D eigenvalue weighted by atomic mass is 35.5. The molecule has 1 atom stereocenters. The van der Waals surface area contributed by atoms with Gasteiger partial charge in [0.15, 0.2) is 5.58 Å². The van der Waals surface area contributed by atoms with Crippen molar-refractivity contribution < 1.29 is 8.83 Å². The number of aromatic nitrogens is 1. The molecule has 0 amide bonds. The number of furan rings is 1. The van der Waals surface area contributed by atoms with Crippen LogP contribution in [0, 0.1) is 0 Å². The molecule has 3 heterocycles. The number of anilines is 1. The lowest BCUT2D eigenvalue weighted by molar-refractivity contribution is 0.456. The van der Waals surface area contributed by atoms with Gasteiger partial charge in [-0.05, 0) is 31.2 Å². The molecule has 1 aliphatic rings. The lowest BCUT2D eigenvalue weighted by atomic mass is 10.1. The van der Waals surface area contributed by atoms with Gasteiger partial charge in [-0.3, -0.25) is 0 Å².